The van der Waals surface area contributed by atoms with Gasteiger partial charge in [-0.1, -0.05) is 13.8 Å². The van der Waals surface area contributed by atoms with Crippen molar-refractivity contribution in [2.75, 3.05) is 0 Å². The summed E-state index contributed by atoms with van der Waals surface area (Å²) in [6, 6.07) is 4.04. The minimum absolute atomic E-state index is 0.111. The van der Waals surface area contributed by atoms with Crippen molar-refractivity contribution < 1.29 is 22.4 Å². The van der Waals surface area contributed by atoms with Crippen LogP contribution in [-0.2, 0) is 12.7 Å². The molecule has 0 atom stereocenters. The molecule has 0 radical (unpaired) electrons. The number of aromatic nitrogens is 3. The Hall–Kier alpha value is -3.10. The van der Waals surface area contributed by atoms with Gasteiger partial charge in [0.05, 0.1) is 23.0 Å². The number of nitrogens with one attached hydrogen (secondary N) is 1. The Bertz CT molecular complexity index is 1020. The molecule has 0 spiro atoms. The third-order valence-corrected chi connectivity index (χ3v) is 4.47. The minimum Gasteiger partial charge on any atom is -0.466 e. The molecule has 3 aromatic rings. The molecular weight excluding hydrogens is 385 g/mol. The van der Waals surface area contributed by atoms with Crippen molar-refractivity contribution in [3.05, 3.63) is 64.5 Å². The quantitative estimate of drug-likeness (QED) is 0.675. The van der Waals surface area contributed by atoms with Gasteiger partial charge in [0.25, 0.3) is 5.91 Å². The van der Waals surface area contributed by atoms with Gasteiger partial charge >= 0.3 is 6.18 Å². The number of carbonyl (C=O) groups is 1. The van der Waals surface area contributed by atoms with Gasteiger partial charge in [0.1, 0.15) is 11.5 Å². The van der Waals surface area contributed by atoms with E-state index in [1.807, 2.05) is 33.8 Å². The molecule has 3 aromatic heterocycles. The van der Waals surface area contributed by atoms with Gasteiger partial charge in [-0.2, -0.15) is 18.3 Å². The van der Waals surface area contributed by atoms with E-state index in [4.69, 9.17) is 4.42 Å². The second kappa shape index (κ2) is 7.73. The maximum atomic E-state index is 12.8. The van der Waals surface area contributed by atoms with Crippen LogP contribution >= 0.6 is 0 Å². The van der Waals surface area contributed by atoms with E-state index >= 15 is 0 Å². The van der Waals surface area contributed by atoms with Crippen LogP contribution in [0.3, 0.4) is 0 Å². The number of hydrogen-bond donors (Lipinski definition) is 1. The Kier molecular flexibility index (Phi) is 5.50. The summed E-state index contributed by atoms with van der Waals surface area (Å²) in [5.41, 5.74) is 0.941. The number of carbonyl (C=O) groups excluding carboxylic acids is 1. The SMILES string of the molecule is Cc1cc(CNC(=O)c2cnn(-c3ccc(C(F)(F)F)cn3)c2C(C)C)c(C)o1. The average molecular weight is 406 g/mol. The van der Waals surface area contributed by atoms with Crippen LogP contribution in [0.2, 0.25) is 0 Å². The van der Waals surface area contributed by atoms with Gasteiger partial charge in [-0.15, -0.1) is 0 Å². The molecular formula is C20H21F3N4O2. The van der Waals surface area contributed by atoms with Crippen LogP contribution in [0.1, 0.15) is 58.5 Å². The number of halogens is 3. The predicted molar refractivity (Wildman–Crippen MR) is 99.8 cm³/mol. The molecule has 0 aromatic carbocycles. The first-order valence-electron chi connectivity index (χ1n) is 9.03. The van der Waals surface area contributed by atoms with E-state index in [0.717, 1.165) is 29.3 Å². The summed E-state index contributed by atoms with van der Waals surface area (Å²) in [7, 11) is 0. The molecule has 1 N–H and O–H groups in total. The molecule has 29 heavy (non-hydrogen) atoms. The van der Waals surface area contributed by atoms with Crippen LogP contribution in [0.5, 0.6) is 0 Å². The lowest BCUT2D eigenvalue weighted by molar-refractivity contribution is -0.137. The zero-order valence-corrected chi connectivity index (χ0v) is 16.5. The highest BCUT2D eigenvalue weighted by atomic mass is 19.4. The van der Waals surface area contributed by atoms with Crippen molar-refractivity contribution in [1.29, 1.82) is 0 Å². The summed E-state index contributed by atoms with van der Waals surface area (Å²) in [6.07, 6.45) is -2.31. The number of furan rings is 1. The maximum Gasteiger partial charge on any atom is 0.417 e. The van der Waals surface area contributed by atoms with Crippen LogP contribution in [0.4, 0.5) is 13.2 Å². The second-order valence-corrected chi connectivity index (χ2v) is 7.03. The lowest BCUT2D eigenvalue weighted by atomic mass is 10.1. The Morgan fingerprint density at radius 2 is 1.97 bits per heavy atom. The Morgan fingerprint density at radius 3 is 2.48 bits per heavy atom. The average Bonchev–Trinajstić information content (AvgIpc) is 3.22. The molecule has 1 amide bonds. The molecule has 0 fully saturated rings. The van der Waals surface area contributed by atoms with Gasteiger partial charge in [0.2, 0.25) is 0 Å². The number of hydrogen-bond acceptors (Lipinski definition) is 4. The van der Waals surface area contributed by atoms with Crippen molar-refractivity contribution in [3.8, 4) is 5.82 Å². The minimum atomic E-state index is -4.47. The normalized spacial score (nSPS) is 11.9. The number of amides is 1. The van der Waals surface area contributed by atoms with Gasteiger partial charge in [0.15, 0.2) is 5.82 Å². The first kappa shape index (κ1) is 20.6. The standard InChI is InChI=1S/C20H21F3N4O2/c1-11(2)18-16(19(28)25-8-14-7-12(3)29-13(14)4)10-26-27(18)17-6-5-15(9-24-17)20(21,22)23/h5-7,9-11H,8H2,1-4H3,(H,25,28). The van der Waals surface area contributed by atoms with E-state index in [1.165, 1.54) is 16.9 Å². The molecule has 0 aliphatic rings. The summed E-state index contributed by atoms with van der Waals surface area (Å²) in [5, 5.41) is 7.03. The molecule has 154 valence electrons. The zero-order chi connectivity index (χ0) is 21.3. The number of rotatable bonds is 5. The fourth-order valence-corrected chi connectivity index (χ4v) is 3.08. The second-order valence-electron chi connectivity index (χ2n) is 7.03. The topological polar surface area (TPSA) is 73.0 Å². The van der Waals surface area contributed by atoms with Crippen LogP contribution in [0, 0.1) is 13.8 Å². The Labute approximate surface area is 165 Å². The van der Waals surface area contributed by atoms with E-state index in [0.29, 0.717) is 17.8 Å². The molecule has 0 saturated carbocycles. The summed E-state index contributed by atoms with van der Waals surface area (Å²) < 4.78 is 45.2. The number of pyridine rings is 1. The largest absolute Gasteiger partial charge is 0.466 e. The Balaban J connectivity index is 1.86. The van der Waals surface area contributed by atoms with Gasteiger partial charge in [-0.05, 0) is 38.0 Å². The predicted octanol–water partition coefficient (Wildman–Crippen LogP) is 4.55. The van der Waals surface area contributed by atoms with Gasteiger partial charge in [0, 0.05) is 18.3 Å². The van der Waals surface area contributed by atoms with Crippen molar-refractivity contribution in [2.45, 2.75) is 46.3 Å². The number of alkyl halides is 3. The van der Waals surface area contributed by atoms with E-state index < -0.39 is 11.7 Å². The fourth-order valence-electron chi connectivity index (χ4n) is 3.08. The summed E-state index contributed by atoms with van der Waals surface area (Å²) in [6.45, 7) is 7.69. The molecule has 0 aliphatic heterocycles. The third-order valence-electron chi connectivity index (χ3n) is 4.47. The molecule has 3 rings (SSSR count). The molecule has 6 nitrogen and oxygen atoms in total. The van der Waals surface area contributed by atoms with Crippen molar-refractivity contribution >= 4 is 5.91 Å². The van der Waals surface area contributed by atoms with Crippen molar-refractivity contribution in [2.24, 2.45) is 0 Å². The first-order valence-corrected chi connectivity index (χ1v) is 9.03. The van der Waals surface area contributed by atoms with Crippen LogP contribution < -0.4 is 5.32 Å². The number of aryl methyl sites for hydroxylation is 2. The highest BCUT2D eigenvalue weighted by Crippen LogP contribution is 2.29. The smallest absolute Gasteiger partial charge is 0.417 e. The van der Waals surface area contributed by atoms with Crippen LogP contribution in [0.25, 0.3) is 5.82 Å². The molecule has 0 unspecified atom stereocenters. The van der Waals surface area contributed by atoms with Gasteiger partial charge < -0.3 is 9.73 Å². The van der Waals surface area contributed by atoms with E-state index in [-0.39, 0.29) is 17.6 Å². The fraction of sp³-hybridized carbons (Fsp3) is 0.350. The van der Waals surface area contributed by atoms with Gasteiger partial charge in [-0.25, -0.2) is 9.67 Å². The lowest BCUT2D eigenvalue weighted by Gasteiger charge is -2.13. The molecule has 0 saturated heterocycles. The highest BCUT2D eigenvalue weighted by Gasteiger charge is 2.31. The van der Waals surface area contributed by atoms with E-state index in [2.05, 4.69) is 15.4 Å². The number of nitrogens with zero attached hydrogens (tertiary/aromatic N) is 3. The van der Waals surface area contributed by atoms with Gasteiger partial charge in [-0.3, -0.25) is 4.79 Å². The van der Waals surface area contributed by atoms with Crippen molar-refractivity contribution in [3.63, 3.8) is 0 Å². The van der Waals surface area contributed by atoms with E-state index in [9.17, 15) is 18.0 Å². The summed E-state index contributed by atoms with van der Waals surface area (Å²) >= 11 is 0. The van der Waals surface area contributed by atoms with E-state index in [1.54, 1.807) is 0 Å². The zero-order valence-electron chi connectivity index (χ0n) is 16.5. The monoisotopic (exact) mass is 406 g/mol. The van der Waals surface area contributed by atoms with Crippen LogP contribution in [0.15, 0.2) is 35.0 Å². The molecule has 0 bridgehead atoms. The molecule has 3 heterocycles. The summed E-state index contributed by atoms with van der Waals surface area (Å²) in [4.78, 5) is 16.6. The molecule has 9 heteroatoms. The first-order chi connectivity index (χ1) is 13.6. The van der Waals surface area contributed by atoms with Crippen molar-refractivity contribution in [1.82, 2.24) is 20.1 Å². The Morgan fingerprint density at radius 1 is 1.24 bits per heavy atom. The lowest BCUT2D eigenvalue weighted by Crippen LogP contribution is -2.24. The summed E-state index contributed by atoms with van der Waals surface area (Å²) in [5.74, 6) is 1.26. The molecule has 0 aliphatic carbocycles. The maximum absolute atomic E-state index is 12.8. The van der Waals surface area contributed by atoms with Crippen LogP contribution in [-0.4, -0.2) is 20.7 Å². The highest BCUT2D eigenvalue weighted by molar-refractivity contribution is 5.95. The third kappa shape index (κ3) is 4.33.